The van der Waals surface area contributed by atoms with Gasteiger partial charge in [-0.15, -0.1) is 0 Å². The predicted molar refractivity (Wildman–Crippen MR) is 106 cm³/mol. The second-order valence-electron chi connectivity index (χ2n) is 6.33. The number of hydrogen-bond donors (Lipinski definition) is 1. The summed E-state index contributed by atoms with van der Waals surface area (Å²) < 4.78 is 5.52. The Labute approximate surface area is 166 Å². The molecule has 1 heterocycles. The molecule has 6 heteroatoms. The zero-order valence-corrected chi connectivity index (χ0v) is 16.5. The molecule has 1 saturated heterocycles. The molecule has 0 aromatic heterocycles. The first-order chi connectivity index (χ1) is 12.5. The summed E-state index contributed by atoms with van der Waals surface area (Å²) >= 11 is 2.07. The lowest BCUT2D eigenvalue weighted by atomic mass is 9.94. The summed E-state index contributed by atoms with van der Waals surface area (Å²) in [5.74, 6) is -1.14. The number of halogens is 1. The van der Waals surface area contributed by atoms with Crippen LogP contribution in [0.2, 0.25) is 0 Å². The SMILES string of the molecule is Cc1ccc([C@@H](O)[C@@H](CI)C(=O)N2C(=O)OC[C@@H]2c2ccccc2)cc1. The number of amides is 2. The van der Waals surface area contributed by atoms with E-state index < -0.39 is 30.1 Å². The summed E-state index contributed by atoms with van der Waals surface area (Å²) in [4.78, 5) is 26.5. The zero-order chi connectivity index (χ0) is 18.7. The summed E-state index contributed by atoms with van der Waals surface area (Å²) in [6.07, 6.45) is -1.64. The van der Waals surface area contributed by atoms with Gasteiger partial charge in [0.2, 0.25) is 5.91 Å². The van der Waals surface area contributed by atoms with Crippen LogP contribution in [-0.2, 0) is 9.53 Å². The summed E-state index contributed by atoms with van der Waals surface area (Å²) in [5, 5.41) is 10.7. The lowest BCUT2D eigenvalue weighted by Crippen LogP contribution is -2.41. The highest BCUT2D eigenvalue weighted by Crippen LogP contribution is 2.33. The fraction of sp³-hybridized carbons (Fsp3) is 0.300. The molecule has 1 N–H and O–H groups in total. The Bertz CT molecular complexity index is 778. The van der Waals surface area contributed by atoms with Crippen LogP contribution in [-0.4, -0.2) is 33.0 Å². The minimum absolute atomic E-state index is 0.128. The fourth-order valence-electron chi connectivity index (χ4n) is 3.05. The van der Waals surface area contributed by atoms with E-state index in [1.807, 2.05) is 61.5 Å². The van der Waals surface area contributed by atoms with Gasteiger partial charge in [-0.3, -0.25) is 4.79 Å². The Morgan fingerprint density at radius 2 is 1.88 bits per heavy atom. The number of ether oxygens (including phenoxy) is 1. The molecule has 2 aromatic carbocycles. The van der Waals surface area contributed by atoms with Gasteiger partial charge >= 0.3 is 6.09 Å². The molecule has 0 spiro atoms. The van der Waals surface area contributed by atoms with Crippen LogP contribution in [0.5, 0.6) is 0 Å². The van der Waals surface area contributed by atoms with Crippen molar-refractivity contribution in [3.05, 3.63) is 71.3 Å². The minimum atomic E-state index is -0.982. The Morgan fingerprint density at radius 3 is 2.50 bits per heavy atom. The van der Waals surface area contributed by atoms with Crippen molar-refractivity contribution in [1.82, 2.24) is 4.90 Å². The first kappa shape index (κ1) is 18.8. The number of nitrogens with zero attached hydrogens (tertiary/aromatic N) is 1. The van der Waals surface area contributed by atoms with Crippen molar-refractivity contribution in [1.29, 1.82) is 0 Å². The number of rotatable bonds is 5. The number of imide groups is 1. The van der Waals surface area contributed by atoms with Crippen molar-refractivity contribution in [2.24, 2.45) is 5.92 Å². The number of aliphatic hydroxyl groups is 1. The van der Waals surface area contributed by atoms with Crippen LogP contribution >= 0.6 is 22.6 Å². The van der Waals surface area contributed by atoms with E-state index >= 15 is 0 Å². The first-order valence-electron chi connectivity index (χ1n) is 8.38. The van der Waals surface area contributed by atoms with Gasteiger partial charge in [-0.05, 0) is 18.1 Å². The van der Waals surface area contributed by atoms with E-state index in [2.05, 4.69) is 22.6 Å². The van der Waals surface area contributed by atoms with Gasteiger partial charge in [-0.2, -0.15) is 0 Å². The molecule has 3 rings (SSSR count). The molecular formula is C20H20INO4. The molecule has 2 aromatic rings. The lowest BCUT2D eigenvalue weighted by molar-refractivity contribution is -0.136. The lowest BCUT2D eigenvalue weighted by Gasteiger charge is -2.27. The minimum Gasteiger partial charge on any atom is -0.446 e. The topological polar surface area (TPSA) is 66.8 Å². The van der Waals surface area contributed by atoms with E-state index in [1.54, 1.807) is 0 Å². The first-order valence-corrected chi connectivity index (χ1v) is 9.91. The number of hydrogen-bond acceptors (Lipinski definition) is 4. The maximum Gasteiger partial charge on any atom is 0.417 e. The average molecular weight is 465 g/mol. The van der Waals surface area contributed by atoms with E-state index in [1.165, 1.54) is 0 Å². The van der Waals surface area contributed by atoms with E-state index in [0.717, 1.165) is 16.0 Å². The van der Waals surface area contributed by atoms with Gasteiger partial charge in [0, 0.05) is 4.43 Å². The highest BCUT2D eigenvalue weighted by atomic mass is 127. The summed E-state index contributed by atoms with van der Waals surface area (Å²) in [6.45, 7) is 2.09. The van der Waals surface area contributed by atoms with Gasteiger partial charge < -0.3 is 9.84 Å². The third kappa shape index (κ3) is 3.76. The third-order valence-electron chi connectivity index (χ3n) is 4.58. The second-order valence-corrected chi connectivity index (χ2v) is 7.21. The summed E-state index contributed by atoms with van der Waals surface area (Å²) in [5.41, 5.74) is 2.57. The van der Waals surface area contributed by atoms with Crippen molar-refractivity contribution in [3.63, 3.8) is 0 Å². The monoisotopic (exact) mass is 465 g/mol. The highest BCUT2D eigenvalue weighted by molar-refractivity contribution is 14.1. The number of aryl methyl sites for hydroxylation is 1. The van der Waals surface area contributed by atoms with Crippen LogP contribution in [0.15, 0.2) is 54.6 Å². The van der Waals surface area contributed by atoms with Crippen molar-refractivity contribution < 1.29 is 19.4 Å². The molecule has 0 unspecified atom stereocenters. The Kier molecular flexibility index (Phi) is 5.93. The summed E-state index contributed by atoms with van der Waals surface area (Å²) in [6, 6.07) is 16.3. The number of alkyl halides is 1. The number of carbonyl (C=O) groups is 2. The Morgan fingerprint density at radius 1 is 1.23 bits per heavy atom. The van der Waals surface area contributed by atoms with Crippen LogP contribution in [0.25, 0.3) is 0 Å². The smallest absolute Gasteiger partial charge is 0.417 e. The Balaban J connectivity index is 1.86. The maximum atomic E-state index is 13.1. The molecule has 136 valence electrons. The average Bonchev–Trinajstić information content (AvgIpc) is 3.05. The van der Waals surface area contributed by atoms with Gasteiger partial charge in [0.05, 0.1) is 12.0 Å². The standard InChI is InChI=1S/C20H20INO4/c1-13-7-9-15(10-8-13)18(23)16(11-21)19(24)22-17(12-26-20(22)25)14-5-3-2-4-6-14/h2-10,16-18,23H,11-12H2,1H3/t16-,17-,18-/m1/s1. The van der Waals surface area contributed by atoms with Crippen molar-refractivity contribution in [2.75, 3.05) is 11.0 Å². The molecule has 0 saturated carbocycles. The molecule has 0 aliphatic carbocycles. The third-order valence-corrected chi connectivity index (χ3v) is 5.53. The molecule has 0 bridgehead atoms. The van der Waals surface area contributed by atoms with E-state index in [-0.39, 0.29) is 6.61 Å². The zero-order valence-electron chi connectivity index (χ0n) is 14.3. The van der Waals surface area contributed by atoms with Gasteiger partial charge in [-0.25, -0.2) is 9.69 Å². The van der Waals surface area contributed by atoms with E-state index in [0.29, 0.717) is 9.99 Å². The largest absolute Gasteiger partial charge is 0.446 e. The normalized spacial score (nSPS) is 19.1. The Hall–Kier alpha value is -1.93. The highest BCUT2D eigenvalue weighted by Gasteiger charge is 2.43. The van der Waals surface area contributed by atoms with Crippen LogP contribution in [0.1, 0.15) is 28.8 Å². The molecule has 1 fully saturated rings. The van der Waals surface area contributed by atoms with Crippen LogP contribution in [0.4, 0.5) is 4.79 Å². The number of cyclic esters (lactones) is 1. The van der Waals surface area contributed by atoms with Crippen molar-refractivity contribution >= 4 is 34.6 Å². The molecule has 3 atom stereocenters. The molecule has 0 radical (unpaired) electrons. The second kappa shape index (κ2) is 8.18. The van der Waals surface area contributed by atoms with E-state index in [9.17, 15) is 14.7 Å². The van der Waals surface area contributed by atoms with Crippen molar-refractivity contribution in [3.8, 4) is 0 Å². The molecule has 5 nitrogen and oxygen atoms in total. The molecule has 1 aliphatic heterocycles. The van der Waals surface area contributed by atoms with Gasteiger partial charge in [0.15, 0.2) is 0 Å². The number of benzene rings is 2. The van der Waals surface area contributed by atoms with Crippen LogP contribution < -0.4 is 0 Å². The maximum absolute atomic E-state index is 13.1. The van der Waals surface area contributed by atoms with Crippen LogP contribution in [0, 0.1) is 12.8 Å². The quantitative estimate of drug-likeness (QED) is 0.539. The van der Waals surface area contributed by atoms with Gasteiger partial charge in [0.25, 0.3) is 0 Å². The molecule has 26 heavy (non-hydrogen) atoms. The predicted octanol–water partition coefficient (Wildman–Crippen LogP) is 3.80. The van der Waals surface area contributed by atoms with Gasteiger partial charge in [0.1, 0.15) is 12.6 Å². The van der Waals surface area contributed by atoms with E-state index in [4.69, 9.17) is 4.74 Å². The van der Waals surface area contributed by atoms with Gasteiger partial charge in [-0.1, -0.05) is 82.8 Å². The van der Waals surface area contributed by atoms with Crippen LogP contribution in [0.3, 0.4) is 0 Å². The molecule has 2 amide bonds. The molecular weight excluding hydrogens is 445 g/mol. The summed E-state index contributed by atoms with van der Waals surface area (Å²) in [7, 11) is 0. The fourth-order valence-corrected chi connectivity index (χ4v) is 3.90. The number of aliphatic hydroxyl groups excluding tert-OH is 1. The molecule has 1 aliphatic rings. The number of carbonyl (C=O) groups excluding carboxylic acids is 2. The van der Waals surface area contributed by atoms with Crippen molar-refractivity contribution in [2.45, 2.75) is 19.1 Å².